The van der Waals surface area contributed by atoms with E-state index in [1.165, 1.54) is 16.4 Å². The van der Waals surface area contributed by atoms with Crippen molar-refractivity contribution in [1.29, 1.82) is 0 Å². The molecule has 0 saturated carbocycles. The molecule has 0 saturated heterocycles. The molecule has 0 atom stereocenters. The van der Waals surface area contributed by atoms with E-state index in [0.717, 1.165) is 5.39 Å². The molecule has 8 heteroatoms. The van der Waals surface area contributed by atoms with Crippen molar-refractivity contribution in [2.75, 3.05) is 0 Å². The maximum atomic E-state index is 12.9. The molecule has 1 heterocycles. The van der Waals surface area contributed by atoms with Crippen LogP contribution in [0.3, 0.4) is 0 Å². The van der Waals surface area contributed by atoms with Crippen molar-refractivity contribution in [2.45, 2.75) is 4.90 Å². The summed E-state index contributed by atoms with van der Waals surface area (Å²) in [7, 11) is -3.72. The topological polar surface area (TPSA) is 116 Å². The molecule has 1 aromatic heterocycles. The van der Waals surface area contributed by atoms with E-state index in [0.29, 0.717) is 11.1 Å². The van der Waals surface area contributed by atoms with Gasteiger partial charge in [-0.3, -0.25) is 0 Å². The van der Waals surface area contributed by atoms with Crippen molar-refractivity contribution in [1.82, 2.24) is 3.97 Å². The Morgan fingerprint density at radius 2 is 1.67 bits per heavy atom. The van der Waals surface area contributed by atoms with Crippen molar-refractivity contribution < 1.29 is 8.42 Å². The molecule has 7 nitrogen and oxygen atoms in total. The summed E-state index contributed by atoms with van der Waals surface area (Å²) in [4.78, 5) is 0.207. The summed E-state index contributed by atoms with van der Waals surface area (Å²) in [6.45, 7) is 0. The fourth-order valence-corrected chi connectivity index (χ4v) is 3.74. The second-order valence-electron chi connectivity index (χ2n) is 4.98. The fraction of sp³-hybridized carbons (Fsp3) is 0. The Bertz CT molecular complexity index is 1030. The zero-order valence-corrected chi connectivity index (χ0v) is 13.4. The molecule has 0 unspecified atom stereocenters. The normalized spacial score (nSPS) is 11.8. The molecule has 0 aliphatic carbocycles. The summed E-state index contributed by atoms with van der Waals surface area (Å²) in [5, 5.41) is 8.03. The van der Waals surface area contributed by atoms with E-state index in [-0.39, 0.29) is 10.9 Å². The Morgan fingerprint density at radius 3 is 2.38 bits per heavy atom. The molecule has 4 N–H and O–H groups in total. The number of nitrogens with two attached hydrogens (primary N) is 2. The Kier molecular flexibility index (Phi) is 4.05. The van der Waals surface area contributed by atoms with Crippen LogP contribution >= 0.6 is 0 Å². The highest BCUT2D eigenvalue weighted by Gasteiger charge is 2.20. The van der Waals surface area contributed by atoms with Gasteiger partial charge in [-0.2, -0.15) is 5.10 Å². The van der Waals surface area contributed by atoms with Crippen LogP contribution in [0.15, 0.2) is 75.9 Å². The maximum Gasteiger partial charge on any atom is 0.268 e. The van der Waals surface area contributed by atoms with Gasteiger partial charge in [0.15, 0.2) is 0 Å². The Labute approximate surface area is 139 Å². The predicted molar refractivity (Wildman–Crippen MR) is 94.4 cm³/mol. The Balaban J connectivity index is 2.20. The van der Waals surface area contributed by atoms with Gasteiger partial charge in [0.1, 0.15) is 0 Å². The smallest absolute Gasteiger partial charge is 0.268 e. The maximum absolute atomic E-state index is 12.9. The molecule has 0 amide bonds. The third-order valence-electron chi connectivity index (χ3n) is 3.38. The number of guanidine groups is 1. The molecule has 0 spiro atoms. The van der Waals surface area contributed by atoms with Gasteiger partial charge in [-0.05, 0) is 18.2 Å². The van der Waals surface area contributed by atoms with Crippen LogP contribution in [0.2, 0.25) is 0 Å². The summed E-state index contributed by atoms with van der Waals surface area (Å²) in [6, 6.07) is 15.4. The van der Waals surface area contributed by atoms with Crippen LogP contribution in [0.5, 0.6) is 0 Å². The second-order valence-corrected chi connectivity index (χ2v) is 6.80. The van der Waals surface area contributed by atoms with Gasteiger partial charge in [0.25, 0.3) is 10.0 Å². The highest BCUT2D eigenvalue weighted by Crippen LogP contribution is 2.25. The third kappa shape index (κ3) is 2.86. The van der Waals surface area contributed by atoms with Crippen molar-refractivity contribution in [3.63, 3.8) is 0 Å². The lowest BCUT2D eigenvalue weighted by atomic mass is 10.2. The van der Waals surface area contributed by atoms with Crippen molar-refractivity contribution >= 4 is 33.1 Å². The first-order chi connectivity index (χ1) is 11.5. The molecule has 0 bridgehead atoms. The van der Waals surface area contributed by atoms with Gasteiger partial charge in [-0.15, -0.1) is 5.10 Å². The quantitative estimate of drug-likeness (QED) is 0.425. The lowest BCUT2D eigenvalue weighted by Crippen LogP contribution is -2.21. The van der Waals surface area contributed by atoms with E-state index in [1.807, 2.05) is 12.1 Å². The number of fused-ring (bicyclic) bond motifs is 1. The molecule has 122 valence electrons. The molecule has 2 aromatic carbocycles. The number of benzene rings is 2. The number of hydrogen-bond acceptors (Lipinski definition) is 4. The van der Waals surface area contributed by atoms with Crippen LogP contribution in [0, 0.1) is 0 Å². The molecule has 3 aromatic rings. The largest absolute Gasteiger partial charge is 0.369 e. The number of hydrogen-bond donors (Lipinski definition) is 2. The van der Waals surface area contributed by atoms with Crippen molar-refractivity contribution in [2.24, 2.45) is 21.7 Å². The van der Waals surface area contributed by atoms with Gasteiger partial charge < -0.3 is 11.5 Å². The fourth-order valence-electron chi connectivity index (χ4n) is 2.34. The Hall–Kier alpha value is -3.13. The first-order valence-electron chi connectivity index (χ1n) is 7.03. The number of para-hydroxylation sites is 1. The first kappa shape index (κ1) is 15.8. The van der Waals surface area contributed by atoms with Crippen LogP contribution in [0.25, 0.3) is 10.9 Å². The summed E-state index contributed by atoms with van der Waals surface area (Å²) in [5.41, 5.74) is 11.6. The molecule has 0 aliphatic heterocycles. The van der Waals surface area contributed by atoms with E-state index >= 15 is 0 Å². The highest BCUT2D eigenvalue weighted by atomic mass is 32.2. The molecule has 0 aliphatic rings. The highest BCUT2D eigenvalue weighted by molar-refractivity contribution is 7.90. The Morgan fingerprint density at radius 1 is 1.00 bits per heavy atom. The average molecular weight is 341 g/mol. The third-order valence-corrected chi connectivity index (χ3v) is 5.07. The summed E-state index contributed by atoms with van der Waals surface area (Å²) in [5.74, 6) is -0.174. The van der Waals surface area contributed by atoms with Crippen LogP contribution < -0.4 is 11.5 Å². The van der Waals surface area contributed by atoms with Gasteiger partial charge in [0.05, 0.1) is 16.6 Å². The molecule has 0 radical (unpaired) electrons. The summed E-state index contributed by atoms with van der Waals surface area (Å²) in [6.07, 6.45) is 2.91. The average Bonchev–Trinajstić information content (AvgIpc) is 2.95. The van der Waals surface area contributed by atoms with Gasteiger partial charge in [0, 0.05) is 17.1 Å². The standard InChI is InChI=1S/C16H15N5O2S/c17-16(18)20-19-10-12-11-21(15-9-5-4-8-14(12)15)24(22,23)13-6-2-1-3-7-13/h1-11H,(H4,17,18,20)/b19-10-. The predicted octanol–water partition coefficient (Wildman–Crippen LogP) is 1.49. The van der Waals surface area contributed by atoms with Crippen LogP contribution in [0.4, 0.5) is 0 Å². The van der Waals surface area contributed by atoms with E-state index in [1.54, 1.807) is 42.5 Å². The van der Waals surface area contributed by atoms with Crippen LogP contribution in [0.1, 0.15) is 5.56 Å². The monoisotopic (exact) mass is 341 g/mol. The minimum atomic E-state index is -3.72. The van der Waals surface area contributed by atoms with E-state index in [9.17, 15) is 8.42 Å². The van der Waals surface area contributed by atoms with E-state index in [2.05, 4.69) is 10.2 Å². The molecule has 24 heavy (non-hydrogen) atoms. The zero-order chi connectivity index (χ0) is 17.2. The molecular weight excluding hydrogens is 326 g/mol. The van der Waals surface area contributed by atoms with Gasteiger partial charge in [0.2, 0.25) is 5.96 Å². The minimum Gasteiger partial charge on any atom is -0.369 e. The number of rotatable bonds is 4. The molecule has 0 fully saturated rings. The zero-order valence-electron chi connectivity index (χ0n) is 12.6. The van der Waals surface area contributed by atoms with Gasteiger partial charge in [-0.1, -0.05) is 36.4 Å². The lowest BCUT2D eigenvalue weighted by Gasteiger charge is -2.07. The second kappa shape index (κ2) is 6.17. The van der Waals surface area contributed by atoms with Crippen molar-refractivity contribution in [3.05, 3.63) is 66.4 Å². The summed E-state index contributed by atoms with van der Waals surface area (Å²) >= 11 is 0. The van der Waals surface area contributed by atoms with Crippen LogP contribution in [-0.4, -0.2) is 24.6 Å². The number of aromatic nitrogens is 1. The molecular formula is C16H15N5O2S. The van der Waals surface area contributed by atoms with E-state index in [4.69, 9.17) is 11.5 Å². The first-order valence-corrected chi connectivity index (χ1v) is 8.47. The van der Waals surface area contributed by atoms with Crippen LogP contribution in [-0.2, 0) is 10.0 Å². The SMILES string of the molecule is NC(N)=N/N=C\c1cn(S(=O)(=O)c2ccccc2)c2ccccc12. The summed E-state index contributed by atoms with van der Waals surface area (Å²) < 4.78 is 27.0. The number of nitrogens with zero attached hydrogens (tertiary/aromatic N) is 3. The van der Waals surface area contributed by atoms with E-state index < -0.39 is 10.0 Å². The lowest BCUT2D eigenvalue weighted by molar-refractivity contribution is 0.589. The van der Waals surface area contributed by atoms with Gasteiger partial charge in [-0.25, -0.2) is 12.4 Å². The van der Waals surface area contributed by atoms with Crippen molar-refractivity contribution in [3.8, 4) is 0 Å². The van der Waals surface area contributed by atoms with Gasteiger partial charge >= 0.3 is 0 Å². The minimum absolute atomic E-state index is 0.174. The molecule has 3 rings (SSSR count).